The third kappa shape index (κ3) is 5.17. The Morgan fingerprint density at radius 2 is 1.75 bits per heavy atom. The van der Waals surface area contributed by atoms with E-state index in [1.165, 1.54) is 6.42 Å². The van der Waals surface area contributed by atoms with Gasteiger partial charge in [0.05, 0.1) is 0 Å². The number of carbonyl (C=O) groups excluding carboxylic acids is 2. The quantitative estimate of drug-likeness (QED) is 0.811. The van der Waals surface area contributed by atoms with Gasteiger partial charge in [-0.05, 0) is 76.3 Å². The Bertz CT molecular complexity index is 657. The average molecular weight is 410 g/mol. The minimum atomic E-state index is 0. The molecule has 28 heavy (non-hydrogen) atoms. The number of ether oxygens (including phenoxy) is 1. The Balaban J connectivity index is 0.00000280. The summed E-state index contributed by atoms with van der Waals surface area (Å²) in [7, 11) is 0. The predicted molar refractivity (Wildman–Crippen MR) is 112 cm³/mol. The summed E-state index contributed by atoms with van der Waals surface area (Å²) >= 11 is 0. The normalized spacial score (nSPS) is 24.6. The molecule has 0 aliphatic carbocycles. The molecular formula is C21H32ClN3O3. The molecule has 3 unspecified atom stereocenters. The van der Waals surface area contributed by atoms with Crippen molar-refractivity contribution >= 4 is 24.2 Å². The first-order valence-corrected chi connectivity index (χ1v) is 10.0. The number of rotatable bonds is 5. The first-order chi connectivity index (χ1) is 13.0. The molecule has 2 saturated heterocycles. The van der Waals surface area contributed by atoms with Gasteiger partial charge >= 0.3 is 0 Å². The molecule has 0 radical (unpaired) electrons. The van der Waals surface area contributed by atoms with Crippen LogP contribution in [0.5, 0.6) is 5.75 Å². The first-order valence-electron chi connectivity index (χ1n) is 10.0. The number of nitrogens with zero attached hydrogens (tertiary/aromatic N) is 2. The molecule has 0 saturated carbocycles. The number of halogens is 1. The highest BCUT2D eigenvalue weighted by Gasteiger charge is 2.29. The zero-order valence-corrected chi connectivity index (χ0v) is 17.6. The molecule has 3 rings (SSSR count). The molecular weight excluding hydrogens is 378 g/mol. The van der Waals surface area contributed by atoms with E-state index in [0.29, 0.717) is 23.8 Å². The van der Waals surface area contributed by atoms with E-state index in [-0.39, 0.29) is 42.9 Å². The highest BCUT2D eigenvalue weighted by Crippen LogP contribution is 2.23. The van der Waals surface area contributed by atoms with Crippen LogP contribution in [0, 0.1) is 5.92 Å². The molecule has 3 atom stereocenters. The Hall–Kier alpha value is -1.79. The monoisotopic (exact) mass is 409 g/mol. The number of benzene rings is 1. The van der Waals surface area contributed by atoms with Gasteiger partial charge in [-0.25, -0.2) is 0 Å². The third-order valence-corrected chi connectivity index (χ3v) is 5.85. The van der Waals surface area contributed by atoms with E-state index in [1.54, 1.807) is 24.3 Å². The van der Waals surface area contributed by atoms with Gasteiger partial charge in [-0.2, -0.15) is 0 Å². The van der Waals surface area contributed by atoms with E-state index >= 15 is 0 Å². The second-order valence-electron chi connectivity index (χ2n) is 7.88. The molecule has 2 aliphatic heterocycles. The molecule has 2 fully saturated rings. The predicted octanol–water partition coefficient (Wildman–Crippen LogP) is 2.70. The molecule has 7 heteroatoms. The Labute approximate surface area is 173 Å². The van der Waals surface area contributed by atoms with Gasteiger partial charge in [0.15, 0.2) is 6.61 Å². The Morgan fingerprint density at radius 3 is 2.32 bits per heavy atom. The van der Waals surface area contributed by atoms with Crippen molar-refractivity contribution < 1.29 is 14.3 Å². The lowest BCUT2D eigenvalue weighted by Crippen LogP contribution is -2.49. The molecule has 1 aromatic rings. The smallest absolute Gasteiger partial charge is 0.260 e. The standard InChI is InChI=1S/C21H31N3O3.ClH/c1-15-4-3-5-16(2)24(15)20(25)14-27-19-8-6-18(7-9-19)21(26)23-11-10-17(12-22)13-23;/h6-9,15-17H,3-5,10-14,22H2,1-2H3;1H. The summed E-state index contributed by atoms with van der Waals surface area (Å²) in [6, 6.07) is 7.60. The van der Waals surface area contributed by atoms with Crippen LogP contribution in [0.25, 0.3) is 0 Å². The molecule has 156 valence electrons. The van der Waals surface area contributed by atoms with Gasteiger partial charge < -0.3 is 20.3 Å². The zero-order valence-electron chi connectivity index (χ0n) is 16.8. The first kappa shape index (κ1) is 22.5. The maximum absolute atomic E-state index is 12.5. The van der Waals surface area contributed by atoms with E-state index < -0.39 is 0 Å². The summed E-state index contributed by atoms with van der Waals surface area (Å²) in [5, 5.41) is 0. The molecule has 2 heterocycles. The van der Waals surface area contributed by atoms with Crippen molar-refractivity contribution in [3.63, 3.8) is 0 Å². The molecule has 6 nitrogen and oxygen atoms in total. The van der Waals surface area contributed by atoms with Gasteiger partial charge in [-0.3, -0.25) is 9.59 Å². The summed E-state index contributed by atoms with van der Waals surface area (Å²) in [5.74, 6) is 1.07. The zero-order chi connectivity index (χ0) is 19.4. The van der Waals surface area contributed by atoms with E-state index in [2.05, 4.69) is 13.8 Å². The molecule has 0 spiro atoms. The van der Waals surface area contributed by atoms with Gasteiger partial charge in [-0.15, -0.1) is 12.4 Å². The summed E-state index contributed by atoms with van der Waals surface area (Å²) in [4.78, 5) is 28.9. The van der Waals surface area contributed by atoms with Crippen molar-refractivity contribution in [2.45, 2.75) is 51.6 Å². The van der Waals surface area contributed by atoms with Crippen LogP contribution in [-0.2, 0) is 4.79 Å². The number of amides is 2. The van der Waals surface area contributed by atoms with Crippen molar-refractivity contribution in [3.05, 3.63) is 29.8 Å². The van der Waals surface area contributed by atoms with Crippen LogP contribution in [-0.4, -0.2) is 59.9 Å². The fraction of sp³-hybridized carbons (Fsp3) is 0.619. The number of carbonyl (C=O) groups is 2. The summed E-state index contributed by atoms with van der Waals surface area (Å²) in [6.07, 6.45) is 4.24. The van der Waals surface area contributed by atoms with E-state index in [0.717, 1.165) is 32.4 Å². The summed E-state index contributed by atoms with van der Waals surface area (Å²) in [5.41, 5.74) is 6.34. The topological polar surface area (TPSA) is 75.9 Å². The molecule has 2 amide bonds. The van der Waals surface area contributed by atoms with Crippen molar-refractivity contribution in [2.75, 3.05) is 26.2 Å². The Morgan fingerprint density at radius 1 is 1.11 bits per heavy atom. The van der Waals surface area contributed by atoms with Crippen LogP contribution in [0.3, 0.4) is 0 Å². The third-order valence-electron chi connectivity index (χ3n) is 5.85. The van der Waals surface area contributed by atoms with Crippen LogP contribution < -0.4 is 10.5 Å². The second kappa shape index (κ2) is 10.1. The van der Waals surface area contributed by atoms with Gasteiger partial charge in [0.25, 0.3) is 11.8 Å². The Kier molecular flexibility index (Phi) is 8.13. The average Bonchev–Trinajstić information content (AvgIpc) is 3.15. The number of nitrogens with two attached hydrogens (primary N) is 1. The number of hydrogen-bond acceptors (Lipinski definition) is 4. The highest BCUT2D eigenvalue weighted by atomic mass is 35.5. The SMILES string of the molecule is CC1CCCC(C)N1C(=O)COc1ccc(C(=O)N2CCC(CN)C2)cc1.Cl. The van der Waals surface area contributed by atoms with E-state index in [4.69, 9.17) is 10.5 Å². The lowest BCUT2D eigenvalue weighted by Gasteiger charge is -2.38. The van der Waals surface area contributed by atoms with E-state index in [1.807, 2.05) is 9.80 Å². The van der Waals surface area contributed by atoms with Gasteiger partial charge in [0, 0.05) is 30.7 Å². The van der Waals surface area contributed by atoms with Gasteiger partial charge in [-0.1, -0.05) is 0 Å². The lowest BCUT2D eigenvalue weighted by atomic mass is 9.97. The van der Waals surface area contributed by atoms with Crippen LogP contribution in [0.15, 0.2) is 24.3 Å². The number of hydrogen-bond donors (Lipinski definition) is 1. The van der Waals surface area contributed by atoms with Crippen molar-refractivity contribution in [1.29, 1.82) is 0 Å². The van der Waals surface area contributed by atoms with Crippen molar-refractivity contribution in [2.24, 2.45) is 11.7 Å². The molecule has 2 aliphatic rings. The van der Waals surface area contributed by atoms with Gasteiger partial charge in [0.1, 0.15) is 5.75 Å². The summed E-state index contributed by atoms with van der Waals surface area (Å²) in [6.45, 7) is 6.35. The van der Waals surface area contributed by atoms with Crippen LogP contribution in [0.1, 0.15) is 49.9 Å². The summed E-state index contributed by atoms with van der Waals surface area (Å²) < 4.78 is 5.68. The maximum Gasteiger partial charge on any atom is 0.260 e. The molecule has 2 N–H and O–H groups in total. The molecule has 1 aromatic carbocycles. The number of likely N-dealkylation sites (tertiary alicyclic amines) is 2. The molecule has 0 aromatic heterocycles. The van der Waals surface area contributed by atoms with Crippen LogP contribution in [0.4, 0.5) is 0 Å². The maximum atomic E-state index is 12.5. The van der Waals surface area contributed by atoms with Crippen molar-refractivity contribution in [3.8, 4) is 5.75 Å². The van der Waals surface area contributed by atoms with Crippen molar-refractivity contribution in [1.82, 2.24) is 9.80 Å². The van der Waals surface area contributed by atoms with Crippen LogP contribution >= 0.6 is 12.4 Å². The fourth-order valence-corrected chi connectivity index (χ4v) is 4.22. The fourth-order valence-electron chi connectivity index (χ4n) is 4.22. The highest BCUT2D eigenvalue weighted by molar-refractivity contribution is 5.94. The second-order valence-corrected chi connectivity index (χ2v) is 7.88. The minimum Gasteiger partial charge on any atom is -0.484 e. The van der Waals surface area contributed by atoms with E-state index in [9.17, 15) is 9.59 Å². The molecule has 0 bridgehead atoms. The van der Waals surface area contributed by atoms with Gasteiger partial charge in [0.2, 0.25) is 0 Å². The largest absolute Gasteiger partial charge is 0.484 e. The number of piperidine rings is 1. The lowest BCUT2D eigenvalue weighted by molar-refractivity contribution is -0.139. The minimum absolute atomic E-state index is 0. The van der Waals surface area contributed by atoms with Crippen LogP contribution in [0.2, 0.25) is 0 Å².